The minimum Gasteiger partial charge on any atom is -0.468 e. The maximum atomic E-state index is 13.1. The van der Waals surface area contributed by atoms with Crippen molar-refractivity contribution in [3.05, 3.63) is 59.8 Å². The van der Waals surface area contributed by atoms with Gasteiger partial charge < -0.3 is 14.6 Å². The Bertz CT molecular complexity index is 790. The lowest BCUT2D eigenvalue weighted by atomic mass is 9.96. The van der Waals surface area contributed by atoms with Crippen LogP contribution in [0.4, 0.5) is 4.39 Å². The number of furan rings is 1. The average Bonchev–Trinajstić information content (AvgIpc) is 3.22. The van der Waals surface area contributed by atoms with Crippen molar-refractivity contribution >= 4 is 11.8 Å². The fourth-order valence-electron chi connectivity index (χ4n) is 3.51. The summed E-state index contributed by atoms with van der Waals surface area (Å²) >= 11 is 0. The lowest BCUT2D eigenvalue weighted by molar-refractivity contribution is -0.126. The number of carbonyl (C=O) groups excluding carboxylic acids is 2. The summed E-state index contributed by atoms with van der Waals surface area (Å²) in [5.41, 5.74) is 0.438. The molecule has 1 fully saturated rings. The molecule has 1 aromatic heterocycles. The van der Waals surface area contributed by atoms with Crippen LogP contribution in [0.15, 0.2) is 47.1 Å². The Morgan fingerprint density at radius 2 is 2.04 bits per heavy atom. The molecule has 0 spiro atoms. The molecular weight excluding hydrogens is 361 g/mol. The third-order valence-corrected chi connectivity index (χ3v) is 5.14. The third kappa shape index (κ3) is 4.78. The first-order valence-electron chi connectivity index (χ1n) is 9.48. The second-order valence-corrected chi connectivity index (χ2v) is 7.34. The summed E-state index contributed by atoms with van der Waals surface area (Å²) < 4.78 is 18.5. The minimum atomic E-state index is -0.376. The van der Waals surface area contributed by atoms with Crippen LogP contribution in [-0.4, -0.2) is 55.3 Å². The SMILES string of the molecule is CN(C)C(CNC(=O)C1CCCN(C(=O)c2ccc(F)cc2)C1)c1ccco1. The molecule has 2 unspecified atom stereocenters. The summed E-state index contributed by atoms with van der Waals surface area (Å²) in [6, 6.07) is 9.17. The molecule has 7 heteroatoms. The molecule has 0 saturated carbocycles. The van der Waals surface area contributed by atoms with Crippen molar-refractivity contribution in [1.82, 2.24) is 15.1 Å². The number of benzene rings is 1. The molecule has 2 atom stereocenters. The first kappa shape index (κ1) is 20.1. The first-order chi connectivity index (χ1) is 13.5. The van der Waals surface area contributed by atoms with E-state index < -0.39 is 0 Å². The predicted molar refractivity (Wildman–Crippen MR) is 103 cm³/mol. The molecule has 2 amide bonds. The normalized spacial score (nSPS) is 18.1. The highest BCUT2D eigenvalue weighted by Crippen LogP contribution is 2.21. The van der Waals surface area contributed by atoms with Crippen molar-refractivity contribution in [2.24, 2.45) is 5.92 Å². The number of likely N-dealkylation sites (tertiary alicyclic amines) is 1. The lowest BCUT2D eigenvalue weighted by Gasteiger charge is -2.32. The van der Waals surface area contributed by atoms with Crippen molar-refractivity contribution in [3.8, 4) is 0 Å². The first-order valence-corrected chi connectivity index (χ1v) is 9.48. The number of halogens is 1. The molecule has 28 heavy (non-hydrogen) atoms. The van der Waals surface area contributed by atoms with Gasteiger partial charge in [-0.3, -0.25) is 14.5 Å². The summed E-state index contributed by atoms with van der Waals surface area (Å²) in [5, 5.41) is 3.00. The Morgan fingerprint density at radius 3 is 2.68 bits per heavy atom. The van der Waals surface area contributed by atoms with E-state index in [4.69, 9.17) is 4.42 Å². The van der Waals surface area contributed by atoms with Crippen LogP contribution in [0.1, 0.15) is 35.0 Å². The fraction of sp³-hybridized carbons (Fsp3) is 0.429. The molecule has 1 aromatic carbocycles. The molecule has 150 valence electrons. The molecule has 1 aliphatic rings. The fourth-order valence-corrected chi connectivity index (χ4v) is 3.51. The number of piperidine rings is 1. The third-order valence-electron chi connectivity index (χ3n) is 5.14. The average molecular weight is 387 g/mol. The van der Waals surface area contributed by atoms with Gasteiger partial charge in [-0.1, -0.05) is 0 Å². The Morgan fingerprint density at radius 1 is 1.29 bits per heavy atom. The number of nitrogens with zero attached hydrogens (tertiary/aromatic N) is 2. The van der Waals surface area contributed by atoms with Gasteiger partial charge in [0.25, 0.3) is 5.91 Å². The highest BCUT2D eigenvalue weighted by Gasteiger charge is 2.29. The number of rotatable bonds is 6. The van der Waals surface area contributed by atoms with Gasteiger partial charge in [0.15, 0.2) is 0 Å². The molecule has 1 saturated heterocycles. The molecule has 2 heterocycles. The topological polar surface area (TPSA) is 65.8 Å². The van der Waals surface area contributed by atoms with E-state index >= 15 is 0 Å². The Hall–Kier alpha value is -2.67. The van der Waals surface area contributed by atoms with Crippen LogP contribution in [0.3, 0.4) is 0 Å². The van der Waals surface area contributed by atoms with Crippen molar-refractivity contribution in [2.75, 3.05) is 33.7 Å². The number of hydrogen-bond donors (Lipinski definition) is 1. The maximum absolute atomic E-state index is 13.1. The molecule has 6 nitrogen and oxygen atoms in total. The number of carbonyl (C=O) groups is 2. The van der Waals surface area contributed by atoms with Gasteiger partial charge in [0.1, 0.15) is 11.6 Å². The van der Waals surface area contributed by atoms with E-state index in [1.807, 2.05) is 31.1 Å². The molecule has 0 radical (unpaired) electrons. The zero-order valence-electron chi connectivity index (χ0n) is 16.2. The number of hydrogen-bond acceptors (Lipinski definition) is 4. The van der Waals surface area contributed by atoms with Crippen LogP contribution in [0.5, 0.6) is 0 Å². The van der Waals surface area contributed by atoms with Crippen molar-refractivity contribution < 1.29 is 18.4 Å². The van der Waals surface area contributed by atoms with Gasteiger partial charge in [0.05, 0.1) is 18.2 Å². The van der Waals surface area contributed by atoms with E-state index in [1.54, 1.807) is 11.2 Å². The standard InChI is InChI=1S/C21H26FN3O3/c1-24(2)18(19-6-4-12-28-19)13-23-20(26)16-5-3-11-25(14-16)21(27)15-7-9-17(22)10-8-15/h4,6-10,12,16,18H,3,5,11,13-14H2,1-2H3,(H,23,26). The van der Waals surface area contributed by atoms with Crippen LogP contribution >= 0.6 is 0 Å². The van der Waals surface area contributed by atoms with Crippen LogP contribution in [0, 0.1) is 11.7 Å². The van der Waals surface area contributed by atoms with Crippen LogP contribution in [0.25, 0.3) is 0 Å². The van der Waals surface area contributed by atoms with Gasteiger partial charge in [-0.05, 0) is 63.3 Å². The predicted octanol–water partition coefficient (Wildman–Crippen LogP) is 2.69. The van der Waals surface area contributed by atoms with Gasteiger partial charge in [-0.2, -0.15) is 0 Å². The smallest absolute Gasteiger partial charge is 0.253 e. The summed E-state index contributed by atoms with van der Waals surface area (Å²) in [6.45, 7) is 1.41. The molecule has 0 bridgehead atoms. The van der Waals surface area contributed by atoms with Crippen molar-refractivity contribution in [3.63, 3.8) is 0 Å². The van der Waals surface area contributed by atoms with Gasteiger partial charge in [-0.25, -0.2) is 4.39 Å². The van der Waals surface area contributed by atoms with Gasteiger partial charge in [-0.15, -0.1) is 0 Å². The van der Waals surface area contributed by atoms with Gasteiger partial charge in [0, 0.05) is 25.2 Å². The van der Waals surface area contributed by atoms with Crippen LogP contribution < -0.4 is 5.32 Å². The Kier molecular flexibility index (Phi) is 6.46. The molecule has 1 N–H and O–H groups in total. The highest BCUT2D eigenvalue weighted by atomic mass is 19.1. The molecule has 3 rings (SSSR count). The van der Waals surface area contributed by atoms with Crippen LogP contribution in [0.2, 0.25) is 0 Å². The van der Waals surface area contributed by atoms with E-state index in [2.05, 4.69) is 5.32 Å². The molecular formula is C21H26FN3O3. The van der Waals surface area contributed by atoms with E-state index in [9.17, 15) is 14.0 Å². The number of nitrogens with one attached hydrogen (secondary N) is 1. The Labute approximate surface area is 164 Å². The highest BCUT2D eigenvalue weighted by molar-refractivity contribution is 5.94. The molecule has 1 aliphatic heterocycles. The van der Waals surface area contributed by atoms with Crippen LogP contribution in [-0.2, 0) is 4.79 Å². The Balaban J connectivity index is 1.58. The number of likely N-dealkylation sites (N-methyl/N-ethyl adjacent to an activating group) is 1. The number of amides is 2. The van der Waals surface area contributed by atoms with Gasteiger partial charge >= 0.3 is 0 Å². The van der Waals surface area contributed by atoms with Gasteiger partial charge in [0.2, 0.25) is 5.91 Å². The summed E-state index contributed by atoms with van der Waals surface area (Å²) in [5.74, 6) is -0.0617. The summed E-state index contributed by atoms with van der Waals surface area (Å²) in [4.78, 5) is 29.0. The van der Waals surface area contributed by atoms with E-state index in [-0.39, 0.29) is 29.6 Å². The second kappa shape index (κ2) is 9.01. The summed E-state index contributed by atoms with van der Waals surface area (Å²) in [6.07, 6.45) is 3.13. The minimum absolute atomic E-state index is 0.0560. The molecule has 2 aromatic rings. The zero-order valence-corrected chi connectivity index (χ0v) is 16.2. The quantitative estimate of drug-likeness (QED) is 0.828. The van der Waals surface area contributed by atoms with E-state index in [0.29, 0.717) is 25.2 Å². The second-order valence-electron chi connectivity index (χ2n) is 7.34. The maximum Gasteiger partial charge on any atom is 0.253 e. The van der Waals surface area contributed by atoms with Crippen molar-refractivity contribution in [2.45, 2.75) is 18.9 Å². The van der Waals surface area contributed by atoms with E-state index in [0.717, 1.165) is 18.6 Å². The zero-order chi connectivity index (χ0) is 20.1. The van der Waals surface area contributed by atoms with E-state index in [1.165, 1.54) is 24.3 Å². The van der Waals surface area contributed by atoms with Crippen molar-refractivity contribution in [1.29, 1.82) is 0 Å². The molecule has 0 aliphatic carbocycles. The largest absolute Gasteiger partial charge is 0.468 e. The lowest BCUT2D eigenvalue weighted by Crippen LogP contribution is -2.46. The summed E-state index contributed by atoms with van der Waals surface area (Å²) in [7, 11) is 3.87. The monoisotopic (exact) mass is 387 g/mol.